The summed E-state index contributed by atoms with van der Waals surface area (Å²) >= 11 is 2.36. The number of likely N-dealkylation sites (tertiary alicyclic amines) is 1. The van der Waals surface area contributed by atoms with Crippen molar-refractivity contribution in [1.29, 1.82) is 0 Å². The molecule has 0 spiro atoms. The zero-order valence-corrected chi connectivity index (χ0v) is 12.8. The van der Waals surface area contributed by atoms with Gasteiger partial charge in [-0.1, -0.05) is 12.1 Å². The Bertz CT molecular complexity index is 350. The molecule has 1 aromatic rings. The van der Waals surface area contributed by atoms with Crippen LogP contribution in [0.2, 0.25) is 0 Å². The third-order valence-electron chi connectivity index (χ3n) is 3.76. The highest BCUT2D eigenvalue weighted by Gasteiger charge is 2.23. The van der Waals surface area contributed by atoms with Crippen LogP contribution < -0.4 is 5.32 Å². The Labute approximate surface area is 118 Å². The van der Waals surface area contributed by atoms with E-state index in [1.807, 2.05) is 0 Å². The number of nitrogens with zero attached hydrogens (tertiary/aromatic N) is 1. The maximum absolute atomic E-state index is 3.41. The summed E-state index contributed by atoms with van der Waals surface area (Å²) in [5.41, 5.74) is 1.43. The molecule has 1 heterocycles. The first-order valence-electron chi connectivity index (χ1n) is 6.37. The Balaban J connectivity index is 2.03. The lowest BCUT2D eigenvalue weighted by molar-refractivity contribution is 0.149. The van der Waals surface area contributed by atoms with Crippen LogP contribution in [0.25, 0.3) is 0 Å². The minimum atomic E-state index is 0.531. The number of benzene rings is 1. The summed E-state index contributed by atoms with van der Waals surface area (Å²) in [6.45, 7) is 4.72. The molecule has 2 atom stereocenters. The van der Waals surface area contributed by atoms with E-state index in [1.165, 1.54) is 35.1 Å². The van der Waals surface area contributed by atoms with Gasteiger partial charge in [0.15, 0.2) is 0 Å². The summed E-state index contributed by atoms with van der Waals surface area (Å²) in [5, 5.41) is 3.41. The van der Waals surface area contributed by atoms with Crippen molar-refractivity contribution in [1.82, 2.24) is 10.2 Å². The van der Waals surface area contributed by atoms with E-state index in [4.69, 9.17) is 0 Å². The highest BCUT2D eigenvalue weighted by atomic mass is 127. The molecule has 2 unspecified atom stereocenters. The molecular formula is C14H21IN2. The Kier molecular flexibility index (Phi) is 4.82. The van der Waals surface area contributed by atoms with Crippen molar-refractivity contribution in [2.45, 2.75) is 31.8 Å². The van der Waals surface area contributed by atoms with Gasteiger partial charge < -0.3 is 5.32 Å². The average Bonchev–Trinajstić information content (AvgIpc) is 2.39. The summed E-state index contributed by atoms with van der Waals surface area (Å²) in [7, 11) is 2.07. The summed E-state index contributed by atoms with van der Waals surface area (Å²) < 4.78 is 1.31. The van der Waals surface area contributed by atoms with Crippen LogP contribution in [0.4, 0.5) is 0 Å². The van der Waals surface area contributed by atoms with Crippen molar-refractivity contribution in [3.63, 3.8) is 0 Å². The lowest BCUT2D eigenvalue weighted by Gasteiger charge is -2.37. The number of rotatable bonds is 3. The van der Waals surface area contributed by atoms with Gasteiger partial charge >= 0.3 is 0 Å². The van der Waals surface area contributed by atoms with Crippen LogP contribution in [-0.2, 0) is 0 Å². The largest absolute Gasteiger partial charge is 0.316 e. The second kappa shape index (κ2) is 6.16. The van der Waals surface area contributed by atoms with Gasteiger partial charge in [-0.3, -0.25) is 4.90 Å². The number of hydrogen-bond acceptors (Lipinski definition) is 2. The first-order chi connectivity index (χ1) is 8.20. The number of piperidine rings is 1. The molecule has 94 valence electrons. The highest BCUT2D eigenvalue weighted by Crippen LogP contribution is 2.24. The van der Waals surface area contributed by atoms with E-state index in [0.717, 1.165) is 0 Å². The molecule has 0 saturated carbocycles. The number of likely N-dealkylation sites (N-methyl/N-ethyl adjacent to an activating group) is 1. The third-order valence-corrected chi connectivity index (χ3v) is 4.48. The van der Waals surface area contributed by atoms with Gasteiger partial charge in [-0.05, 0) is 73.6 Å². The average molecular weight is 344 g/mol. The highest BCUT2D eigenvalue weighted by molar-refractivity contribution is 14.1. The second-order valence-corrected chi connectivity index (χ2v) is 6.10. The van der Waals surface area contributed by atoms with Crippen molar-refractivity contribution < 1.29 is 0 Å². The second-order valence-electron chi connectivity index (χ2n) is 4.85. The number of hydrogen-bond donors (Lipinski definition) is 1. The van der Waals surface area contributed by atoms with Gasteiger partial charge in [-0.2, -0.15) is 0 Å². The molecular weight excluding hydrogens is 323 g/mol. The van der Waals surface area contributed by atoms with E-state index in [-0.39, 0.29) is 0 Å². The van der Waals surface area contributed by atoms with Gasteiger partial charge in [-0.25, -0.2) is 0 Å². The summed E-state index contributed by atoms with van der Waals surface area (Å²) in [6.07, 6.45) is 2.62. The summed E-state index contributed by atoms with van der Waals surface area (Å²) in [6, 6.07) is 10.1. The van der Waals surface area contributed by atoms with Gasteiger partial charge in [0.25, 0.3) is 0 Å². The normalized spacial score (nSPS) is 23.6. The maximum atomic E-state index is 3.41. The van der Waals surface area contributed by atoms with Crippen molar-refractivity contribution in [3.05, 3.63) is 33.4 Å². The summed E-state index contributed by atoms with van der Waals surface area (Å²) in [4.78, 5) is 2.59. The molecule has 1 N–H and O–H groups in total. The topological polar surface area (TPSA) is 15.3 Å². The Morgan fingerprint density at radius 1 is 1.35 bits per heavy atom. The fraction of sp³-hybridized carbons (Fsp3) is 0.571. The molecule has 1 aliphatic heterocycles. The zero-order chi connectivity index (χ0) is 12.3. The first kappa shape index (κ1) is 13.3. The van der Waals surface area contributed by atoms with E-state index in [2.05, 4.69) is 71.0 Å². The van der Waals surface area contributed by atoms with Gasteiger partial charge in [0.05, 0.1) is 0 Å². The monoisotopic (exact) mass is 344 g/mol. The van der Waals surface area contributed by atoms with Crippen molar-refractivity contribution in [2.24, 2.45) is 0 Å². The van der Waals surface area contributed by atoms with Crippen molar-refractivity contribution in [2.75, 3.05) is 20.1 Å². The summed E-state index contributed by atoms with van der Waals surface area (Å²) in [5.74, 6) is 0. The molecule has 2 rings (SSSR count). The minimum absolute atomic E-state index is 0.531. The fourth-order valence-corrected chi connectivity index (χ4v) is 2.91. The number of nitrogens with one attached hydrogen (secondary N) is 1. The van der Waals surface area contributed by atoms with Gasteiger partial charge in [0.2, 0.25) is 0 Å². The molecule has 1 fully saturated rings. The van der Waals surface area contributed by atoms with Gasteiger partial charge in [0, 0.05) is 22.2 Å². The molecule has 1 aliphatic rings. The van der Waals surface area contributed by atoms with Gasteiger partial charge in [0.1, 0.15) is 0 Å². The minimum Gasteiger partial charge on any atom is -0.316 e. The van der Waals surface area contributed by atoms with Crippen LogP contribution in [0.15, 0.2) is 24.3 Å². The fourth-order valence-electron chi connectivity index (χ4n) is 2.55. The van der Waals surface area contributed by atoms with Crippen LogP contribution >= 0.6 is 22.6 Å². The molecule has 1 saturated heterocycles. The van der Waals surface area contributed by atoms with Crippen molar-refractivity contribution >= 4 is 22.6 Å². The van der Waals surface area contributed by atoms with E-state index in [0.29, 0.717) is 12.1 Å². The molecule has 0 amide bonds. The first-order valence-corrected chi connectivity index (χ1v) is 7.45. The molecule has 2 nitrogen and oxygen atoms in total. The molecule has 0 bridgehead atoms. The van der Waals surface area contributed by atoms with Crippen LogP contribution in [0, 0.1) is 3.57 Å². The lowest BCUT2D eigenvalue weighted by Crippen LogP contribution is -2.45. The predicted octanol–water partition coefficient (Wildman–Crippen LogP) is 3.04. The molecule has 0 aliphatic carbocycles. The Hall–Kier alpha value is -0.130. The van der Waals surface area contributed by atoms with E-state index in [9.17, 15) is 0 Å². The van der Waals surface area contributed by atoms with Crippen LogP contribution in [0.1, 0.15) is 31.4 Å². The van der Waals surface area contributed by atoms with Gasteiger partial charge in [-0.15, -0.1) is 0 Å². The van der Waals surface area contributed by atoms with E-state index >= 15 is 0 Å². The molecule has 17 heavy (non-hydrogen) atoms. The molecule has 0 radical (unpaired) electrons. The van der Waals surface area contributed by atoms with Crippen molar-refractivity contribution in [3.8, 4) is 0 Å². The number of halogens is 1. The lowest BCUT2D eigenvalue weighted by atomic mass is 10.0. The predicted molar refractivity (Wildman–Crippen MR) is 81.2 cm³/mol. The Morgan fingerprint density at radius 2 is 2.06 bits per heavy atom. The molecule has 1 aromatic carbocycles. The third kappa shape index (κ3) is 3.42. The van der Waals surface area contributed by atoms with E-state index in [1.54, 1.807) is 0 Å². The maximum Gasteiger partial charge on any atom is 0.0320 e. The quantitative estimate of drug-likeness (QED) is 0.848. The zero-order valence-electron chi connectivity index (χ0n) is 10.6. The standard InChI is InChI=1S/C14H21IN2/c1-11(12-5-7-13(15)8-6-12)17-9-3-4-14(10-17)16-2/h5-8,11,14,16H,3-4,9-10H2,1-2H3. The van der Waals surface area contributed by atoms with E-state index < -0.39 is 0 Å². The van der Waals surface area contributed by atoms with Crippen LogP contribution in [-0.4, -0.2) is 31.1 Å². The smallest absolute Gasteiger partial charge is 0.0320 e. The SMILES string of the molecule is CNC1CCCN(C(C)c2ccc(I)cc2)C1. The van der Waals surface area contributed by atoms with Crippen LogP contribution in [0.3, 0.4) is 0 Å². The molecule has 3 heteroatoms. The Morgan fingerprint density at radius 3 is 2.71 bits per heavy atom. The molecule has 0 aromatic heterocycles. The van der Waals surface area contributed by atoms with Crippen LogP contribution in [0.5, 0.6) is 0 Å².